The lowest BCUT2D eigenvalue weighted by Crippen LogP contribution is -2.42. The molecule has 0 fully saturated rings. The van der Waals surface area contributed by atoms with Gasteiger partial charge in [-0.15, -0.1) is 11.3 Å². The molecule has 118 valence electrons. The third-order valence-electron chi connectivity index (χ3n) is 2.65. The van der Waals surface area contributed by atoms with E-state index in [4.69, 9.17) is 4.74 Å². The van der Waals surface area contributed by atoms with Crippen LogP contribution in [0.3, 0.4) is 0 Å². The lowest BCUT2D eigenvalue weighted by atomic mass is 10.1. The quantitative estimate of drug-likeness (QED) is 0.840. The average Bonchev–Trinajstić information content (AvgIpc) is 2.65. The number of amides is 1. The van der Waals surface area contributed by atoms with E-state index in [0.29, 0.717) is 10.6 Å². The molecule has 6 nitrogen and oxygen atoms in total. The van der Waals surface area contributed by atoms with E-state index in [2.05, 4.69) is 10.3 Å². The Hall–Kier alpha value is -1.47. The highest BCUT2D eigenvalue weighted by Gasteiger charge is 2.23. The molecular weight excluding hydrogens is 292 g/mol. The van der Waals surface area contributed by atoms with Crippen LogP contribution >= 0.6 is 11.3 Å². The Labute approximate surface area is 128 Å². The molecule has 1 unspecified atom stereocenters. The predicted molar refractivity (Wildman–Crippen MR) is 80.8 cm³/mol. The summed E-state index contributed by atoms with van der Waals surface area (Å²) in [5.41, 5.74) is 0.281. The summed E-state index contributed by atoms with van der Waals surface area (Å²) in [7, 11) is 0. The summed E-state index contributed by atoms with van der Waals surface area (Å²) < 4.78 is 5.50. The summed E-state index contributed by atoms with van der Waals surface area (Å²) in [6.45, 7) is 9.49. The van der Waals surface area contributed by atoms with Gasteiger partial charge in [-0.2, -0.15) is 0 Å². The van der Waals surface area contributed by atoms with E-state index >= 15 is 0 Å². The molecule has 1 aromatic rings. The maximum atomic E-state index is 12.1. The molecular formula is C14H22N2O4S. The highest BCUT2D eigenvalue weighted by atomic mass is 32.1. The van der Waals surface area contributed by atoms with Crippen molar-refractivity contribution in [2.45, 2.75) is 52.7 Å². The second-order valence-corrected chi connectivity index (χ2v) is 6.96. The molecule has 1 atom stereocenters. The van der Waals surface area contributed by atoms with Crippen LogP contribution in [0.1, 0.15) is 47.6 Å². The third kappa shape index (κ3) is 5.81. The molecule has 0 aliphatic carbocycles. The van der Waals surface area contributed by atoms with Crippen molar-refractivity contribution in [2.24, 2.45) is 0 Å². The fourth-order valence-electron chi connectivity index (χ4n) is 1.71. The van der Waals surface area contributed by atoms with Gasteiger partial charge in [-0.3, -0.25) is 4.79 Å². The Kier molecular flexibility index (Phi) is 5.86. The number of carboxylic acids is 1. The first-order valence-corrected chi connectivity index (χ1v) is 7.53. The van der Waals surface area contributed by atoms with Gasteiger partial charge in [0.15, 0.2) is 0 Å². The van der Waals surface area contributed by atoms with E-state index in [-0.39, 0.29) is 18.6 Å². The van der Waals surface area contributed by atoms with Gasteiger partial charge in [-0.05, 0) is 34.6 Å². The molecule has 1 aromatic heterocycles. The zero-order valence-corrected chi connectivity index (χ0v) is 13.8. The first kappa shape index (κ1) is 17.6. The highest BCUT2D eigenvalue weighted by molar-refractivity contribution is 7.13. The van der Waals surface area contributed by atoms with Gasteiger partial charge in [0.05, 0.1) is 16.3 Å². The molecule has 0 aliphatic heterocycles. The predicted octanol–water partition coefficient (Wildman–Crippen LogP) is 2.15. The Morgan fingerprint density at radius 2 is 2.00 bits per heavy atom. The number of aromatic nitrogens is 1. The largest absolute Gasteiger partial charge is 0.480 e. The van der Waals surface area contributed by atoms with E-state index in [9.17, 15) is 14.7 Å². The van der Waals surface area contributed by atoms with Gasteiger partial charge in [0.2, 0.25) is 0 Å². The van der Waals surface area contributed by atoms with Crippen LogP contribution in [0.5, 0.6) is 0 Å². The monoisotopic (exact) mass is 314 g/mol. The lowest BCUT2D eigenvalue weighted by molar-refractivity contribution is -0.140. The van der Waals surface area contributed by atoms with E-state index in [1.54, 1.807) is 13.8 Å². The molecule has 0 radical (unpaired) electrons. The van der Waals surface area contributed by atoms with Gasteiger partial charge >= 0.3 is 5.97 Å². The number of carboxylic acid groups (broad SMARTS) is 1. The molecule has 1 heterocycles. The molecule has 0 bridgehead atoms. The Morgan fingerprint density at radius 1 is 1.38 bits per heavy atom. The van der Waals surface area contributed by atoms with Crippen LogP contribution < -0.4 is 5.32 Å². The highest BCUT2D eigenvalue weighted by Crippen LogP contribution is 2.17. The summed E-state index contributed by atoms with van der Waals surface area (Å²) in [6.07, 6.45) is 0.217. The molecule has 0 aliphatic rings. The van der Waals surface area contributed by atoms with Crippen LogP contribution in [0, 0.1) is 13.8 Å². The number of carbonyl (C=O) groups excluding carboxylic acids is 1. The Bertz CT molecular complexity index is 520. The standard InChI is InChI=1S/C14H22N2O4S/c1-8-11(21-9(2)15-8)12(17)16-10(13(18)19)6-7-20-14(3,4)5/h10H,6-7H2,1-5H3,(H,16,17)(H,18,19). The van der Waals surface area contributed by atoms with Crippen molar-refractivity contribution in [3.8, 4) is 0 Å². The number of hydrogen-bond acceptors (Lipinski definition) is 5. The van der Waals surface area contributed by atoms with Crippen LogP contribution in [0.25, 0.3) is 0 Å². The van der Waals surface area contributed by atoms with Gasteiger partial charge in [0, 0.05) is 13.0 Å². The first-order chi connectivity index (χ1) is 9.60. The average molecular weight is 314 g/mol. The number of nitrogens with zero attached hydrogens (tertiary/aromatic N) is 1. The maximum Gasteiger partial charge on any atom is 0.326 e. The van der Waals surface area contributed by atoms with Gasteiger partial charge in [-0.1, -0.05) is 0 Å². The smallest absolute Gasteiger partial charge is 0.326 e. The molecule has 0 saturated heterocycles. The van der Waals surface area contributed by atoms with Crippen LogP contribution in [-0.2, 0) is 9.53 Å². The summed E-state index contributed by atoms with van der Waals surface area (Å²) in [4.78, 5) is 28.0. The van der Waals surface area contributed by atoms with E-state index < -0.39 is 17.9 Å². The summed E-state index contributed by atoms with van der Waals surface area (Å²) in [5.74, 6) is -1.47. The van der Waals surface area contributed by atoms with Crippen molar-refractivity contribution < 1.29 is 19.4 Å². The second kappa shape index (κ2) is 7.00. The maximum absolute atomic E-state index is 12.1. The van der Waals surface area contributed by atoms with Crippen molar-refractivity contribution >= 4 is 23.2 Å². The zero-order chi connectivity index (χ0) is 16.2. The minimum Gasteiger partial charge on any atom is -0.480 e. The number of rotatable bonds is 6. The third-order valence-corrected chi connectivity index (χ3v) is 3.73. The number of thiazole rings is 1. The lowest BCUT2D eigenvalue weighted by Gasteiger charge is -2.21. The number of aliphatic carboxylic acids is 1. The SMILES string of the molecule is Cc1nc(C)c(C(=O)NC(CCOC(C)(C)C)C(=O)O)s1. The number of ether oxygens (including phenoxy) is 1. The van der Waals surface area contributed by atoms with Crippen LogP contribution in [0.4, 0.5) is 0 Å². The number of hydrogen-bond donors (Lipinski definition) is 2. The normalized spacial score (nSPS) is 13.0. The van der Waals surface area contributed by atoms with Crippen LogP contribution in [0.2, 0.25) is 0 Å². The zero-order valence-electron chi connectivity index (χ0n) is 13.0. The molecule has 0 saturated carbocycles. The van der Waals surface area contributed by atoms with Gasteiger partial charge in [0.25, 0.3) is 5.91 Å². The van der Waals surface area contributed by atoms with E-state index in [1.165, 1.54) is 11.3 Å². The van der Waals surface area contributed by atoms with Crippen molar-refractivity contribution in [2.75, 3.05) is 6.61 Å². The van der Waals surface area contributed by atoms with Crippen LogP contribution in [0.15, 0.2) is 0 Å². The Morgan fingerprint density at radius 3 is 2.43 bits per heavy atom. The van der Waals surface area contributed by atoms with Gasteiger partial charge < -0.3 is 15.2 Å². The number of nitrogens with one attached hydrogen (secondary N) is 1. The van der Waals surface area contributed by atoms with Crippen molar-refractivity contribution in [3.05, 3.63) is 15.6 Å². The minimum atomic E-state index is -1.07. The minimum absolute atomic E-state index is 0.217. The van der Waals surface area contributed by atoms with E-state index in [0.717, 1.165) is 5.01 Å². The summed E-state index contributed by atoms with van der Waals surface area (Å²) in [6, 6.07) is -0.971. The van der Waals surface area contributed by atoms with Crippen molar-refractivity contribution in [1.29, 1.82) is 0 Å². The van der Waals surface area contributed by atoms with Gasteiger partial charge in [-0.25, -0.2) is 9.78 Å². The molecule has 2 N–H and O–H groups in total. The fraction of sp³-hybridized carbons (Fsp3) is 0.643. The summed E-state index contributed by atoms with van der Waals surface area (Å²) >= 11 is 1.26. The number of carbonyl (C=O) groups is 2. The van der Waals surface area contributed by atoms with Crippen LogP contribution in [-0.4, -0.2) is 40.2 Å². The van der Waals surface area contributed by atoms with Gasteiger partial charge in [0.1, 0.15) is 10.9 Å². The van der Waals surface area contributed by atoms with Crippen molar-refractivity contribution in [1.82, 2.24) is 10.3 Å². The molecule has 21 heavy (non-hydrogen) atoms. The molecule has 0 spiro atoms. The second-order valence-electron chi connectivity index (χ2n) is 5.76. The number of aryl methyl sites for hydroxylation is 2. The molecule has 1 rings (SSSR count). The molecule has 7 heteroatoms. The topological polar surface area (TPSA) is 88.5 Å². The first-order valence-electron chi connectivity index (χ1n) is 6.72. The Balaban J connectivity index is 2.64. The van der Waals surface area contributed by atoms with E-state index in [1.807, 2.05) is 20.8 Å². The fourth-order valence-corrected chi connectivity index (χ4v) is 2.53. The molecule has 1 amide bonds. The molecule has 0 aromatic carbocycles. The summed E-state index contributed by atoms with van der Waals surface area (Å²) in [5, 5.41) is 12.5. The van der Waals surface area contributed by atoms with Crippen molar-refractivity contribution in [3.63, 3.8) is 0 Å².